The van der Waals surface area contributed by atoms with Crippen LogP contribution < -0.4 is 10.1 Å². The zero-order chi connectivity index (χ0) is 13.0. The van der Waals surface area contributed by atoms with Crippen molar-refractivity contribution in [2.75, 3.05) is 12.4 Å². The summed E-state index contributed by atoms with van der Waals surface area (Å²) in [5.41, 5.74) is -0.0432. The molecule has 17 heavy (non-hydrogen) atoms. The molecule has 0 aromatic carbocycles. The Kier molecular flexibility index (Phi) is 4.25. The predicted octanol–water partition coefficient (Wildman–Crippen LogP) is 2.45. The zero-order valence-electron chi connectivity index (χ0n) is 10.4. The topological polar surface area (TPSA) is 77.3 Å². The molecule has 0 saturated carbocycles. The molecule has 1 unspecified atom stereocenters. The number of ether oxygens (including phenoxy) is 1. The second-order valence-electron chi connectivity index (χ2n) is 4.16. The van der Waals surface area contributed by atoms with Crippen molar-refractivity contribution in [3.8, 4) is 5.88 Å². The fourth-order valence-electron chi connectivity index (χ4n) is 1.18. The number of pyridine rings is 1. The summed E-state index contributed by atoms with van der Waals surface area (Å²) in [6.45, 7) is 6.02. The summed E-state index contributed by atoms with van der Waals surface area (Å²) in [5.74, 6) is 0.951. The Labute approximate surface area is 100 Å². The van der Waals surface area contributed by atoms with E-state index < -0.39 is 4.92 Å². The molecule has 6 nitrogen and oxygen atoms in total. The predicted molar refractivity (Wildman–Crippen MR) is 65.4 cm³/mol. The first-order valence-corrected chi connectivity index (χ1v) is 5.41. The number of nitro groups is 1. The third-order valence-corrected chi connectivity index (χ3v) is 2.62. The molecule has 1 atom stereocenters. The van der Waals surface area contributed by atoms with Crippen LogP contribution in [-0.4, -0.2) is 23.1 Å². The molecule has 0 aliphatic rings. The molecule has 0 aliphatic carbocycles. The fraction of sp³-hybridized carbons (Fsp3) is 0.545. The highest BCUT2D eigenvalue weighted by Gasteiger charge is 2.19. The van der Waals surface area contributed by atoms with Crippen LogP contribution in [0.4, 0.5) is 11.5 Å². The number of nitrogens with one attached hydrogen (secondary N) is 1. The van der Waals surface area contributed by atoms with E-state index in [0.29, 0.717) is 11.8 Å². The van der Waals surface area contributed by atoms with Gasteiger partial charge < -0.3 is 10.1 Å². The van der Waals surface area contributed by atoms with E-state index in [-0.39, 0.29) is 17.5 Å². The largest absolute Gasteiger partial charge is 0.481 e. The normalized spacial score (nSPS) is 12.3. The number of methoxy groups -OCH3 is 1. The van der Waals surface area contributed by atoms with Gasteiger partial charge in [-0.2, -0.15) is 4.98 Å². The Morgan fingerprint density at radius 2 is 2.06 bits per heavy atom. The molecular formula is C11H17N3O3. The average molecular weight is 239 g/mol. The van der Waals surface area contributed by atoms with Crippen LogP contribution in [0.3, 0.4) is 0 Å². The first-order valence-electron chi connectivity index (χ1n) is 5.41. The minimum absolute atomic E-state index is 0.0432. The second kappa shape index (κ2) is 5.47. The lowest BCUT2D eigenvalue weighted by molar-refractivity contribution is -0.384. The molecule has 0 aliphatic heterocycles. The quantitative estimate of drug-likeness (QED) is 0.630. The van der Waals surface area contributed by atoms with Crippen LogP contribution in [0, 0.1) is 16.0 Å². The van der Waals surface area contributed by atoms with Gasteiger partial charge in [-0.15, -0.1) is 0 Å². The molecule has 0 amide bonds. The van der Waals surface area contributed by atoms with Gasteiger partial charge in [-0.05, 0) is 12.8 Å². The summed E-state index contributed by atoms with van der Waals surface area (Å²) in [6, 6.07) is 2.96. The fourth-order valence-corrected chi connectivity index (χ4v) is 1.18. The maximum atomic E-state index is 10.9. The minimum Gasteiger partial charge on any atom is -0.481 e. The van der Waals surface area contributed by atoms with Crippen LogP contribution in [0.15, 0.2) is 12.1 Å². The lowest BCUT2D eigenvalue weighted by atomic mass is 10.1. The molecule has 0 saturated heterocycles. The van der Waals surface area contributed by atoms with E-state index in [1.807, 2.05) is 20.8 Å². The third kappa shape index (κ3) is 3.30. The second-order valence-corrected chi connectivity index (χ2v) is 4.16. The van der Waals surface area contributed by atoms with Crippen LogP contribution in [0.5, 0.6) is 5.88 Å². The monoisotopic (exact) mass is 239 g/mol. The van der Waals surface area contributed by atoms with Gasteiger partial charge in [0.05, 0.1) is 12.0 Å². The molecule has 1 rings (SSSR count). The molecule has 1 N–H and O–H groups in total. The number of aromatic nitrogens is 1. The van der Waals surface area contributed by atoms with E-state index in [4.69, 9.17) is 4.74 Å². The summed E-state index contributed by atoms with van der Waals surface area (Å²) < 4.78 is 4.96. The Balaban J connectivity index is 3.05. The first-order chi connectivity index (χ1) is 7.95. The maximum Gasteiger partial charge on any atom is 0.311 e. The van der Waals surface area contributed by atoms with Crippen molar-refractivity contribution in [1.82, 2.24) is 4.98 Å². The Hall–Kier alpha value is -1.85. The number of hydrogen-bond donors (Lipinski definition) is 1. The maximum absolute atomic E-state index is 10.9. The molecule has 1 aromatic rings. The number of hydrogen-bond acceptors (Lipinski definition) is 5. The van der Waals surface area contributed by atoms with E-state index in [2.05, 4.69) is 10.3 Å². The van der Waals surface area contributed by atoms with Gasteiger partial charge in [0.1, 0.15) is 0 Å². The van der Waals surface area contributed by atoms with E-state index in [0.717, 1.165) is 0 Å². The first kappa shape index (κ1) is 13.2. The van der Waals surface area contributed by atoms with Crippen molar-refractivity contribution < 1.29 is 9.66 Å². The Morgan fingerprint density at radius 1 is 1.41 bits per heavy atom. The number of anilines is 1. The van der Waals surface area contributed by atoms with E-state index in [9.17, 15) is 10.1 Å². The molecule has 0 spiro atoms. The van der Waals surface area contributed by atoms with Gasteiger partial charge in [-0.1, -0.05) is 13.8 Å². The lowest BCUT2D eigenvalue weighted by Crippen LogP contribution is -2.22. The molecule has 94 valence electrons. The SMILES string of the molecule is COc1ccc([N+](=O)[O-])c(NC(C)C(C)C)n1. The van der Waals surface area contributed by atoms with Gasteiger partial charge >= 0.3 is 5.69 Å². The van der Waals surface area contributed by atoms with Crippen molar-refractivity contribution >= 4 is 11.5 Å². The van der Waals surface area contributed by atoms with Crippen LogP contribution in [0.2, 0.25) is 0 Å². The van der Waals surface area contributed by atoms with E-state index >= 15 is 0 Å². The molecule has 6 heteroatoms. The van der Waals surface area contributed by atoms with Crippen molar-refractivity contribution in [2.45, 2.75) is 26.8 Å². The van der Waals surface area contributed by atoms with Gasteiger partial charge in [0.15, 0.2) is 0 Å². The molecule has 0 fully saturated rings. The van der Waals surface area contributed by atoms with Crippen molar-refractivity contribution in [3.63, 3.8) is 0 Å². The van der Waals surface area contributed by atoms with Gasteiger partial charge in [-0.3, -0.25) is 10.1 Å². The van der Waals surface area contributed by atoms with Gasteiger partial charge in [-0.25, -0.2) is 0 Å². The van der Waals surface area contributed by atoms with Crippen LogP contribution in [0.1, 0.15) is 20.8 Å². The average Bonchev–Trinajstić information content (AvgIpc) is 2.28. The van der Waals surface area contributed by atoms with Crippen molar-refractivity contribution in [2.24, 2.45) is 5.92 Å². The Bertz CT molecular complexity index is 407. The highest BCUT2D eigenvalue weighted by Crippen LogP contribution is 2.26. The molecular weight excluding hydrogens is 222 g/mol. The highest BCUT2D eigenvalue weighted by atomic mass is 16.6. The highest BCUT2D eigenvalue weighted by molar-refractivity contribution is 5.57. The molecule has 1 aromatic heterocycles. The van der Waals surface area contributed by atoms with Gasteiger partial charge in [0.25, 0.3) is 0 Å². The third-order valence-electron chi connectivity index (χ3n) is 2.62. The smallest absolute Gasteiger partial charge is 0.311 e. The van der Waals surface area contributed by atoms with Crippen LogP contribution >= 0.6 is 0 Å². The van der Waals surface area contributed by atoms with Crippen molar-refractivity contribution in [3.05, 3.63) is 22.2 Å². The molecule has 0 radical (unpaired) electrons. The number of rotatable bonds is 5. The minimum atomic E-state index is -0.457. The summed E-state index contributed by atoms with van der Waals surface area (Å²) >= 11 is 0. The van der Waals surface area contributed by atoms with E-state index in [1.54, 1.807) is 0 Å². The molecule has 1 heterocycles. The summed E-state index contributed by atoms with van der Waals surface area (Å²) in [6.07, 6.45) is 0. The standard InChI is InChI=1S/C11H17N3O3/c1-7(2)8(3)12-11-9(14(15)16)5-6-10(13-11)17-4/h5-8H,1-4H3,(H,12,13). The van der Waals surface area contributed by atoms with Crippen molar-refractivity contribution in [1.29, 1.82) is 0 Å². The summed E-state index contributed by atoms with van der Waals surface area (Å²) in [7, 11) is 1.48. The van der Waals surface area contributed by atoms with Gasteiger partial charge in [0.2, 0.25) is 11.7 Å². The van der Waals surface area contributed by atoms with E-state index in [1.165, 1.54) is 19.2 Å². The molecule has 0 bridgehead atoms. The van der Waals surface area contributed by atoms with Gasteiger partial charge in [0, 0.05) is 18.2 Å². The van der Waals surface area contributed by atoms with Crippen LogP contribution in [-0.2, 0) is 0 Å². The summed E-state index contributed by atoms with van der Waals surface area (Å²) in [5, 5.41) is 13.9. The summed E-state index contributed by atoms with van der Waals surface area (Å²) in [4.78, 5) is 14.5. The van der Waals surface area contributed by atoms with Crippen LogP contribution in [0.25, 0.3) is 0 Å². The Morgan fingerprint density at radius 3 is 2.53 bits per heavy atom. The number of nitrogens with zero attached hydrogens (tertiary/aromatic N) is 2. The zero-order valence-corrected chi connectivity index (χ0v) is 10.4. The lowest BCUT2D eigenvalue weighted by Gasteiger charge is -2.18.